The van der Waals surface area contributed by atoms with Gasteiger partial charge in [-0.2, -0.15) is 0 Å². The summed E-state index contributed by atoms with van der Waals surface area (Å²) in [5.41, 5.74) is -0.0998. The van der Waals surface area contributed by atoms with Gasteiger partial charge in [0.15, 0.2) is 0 Å². The summed E-state index contributed by atoms with van der Waals surface area (Å²) < 4.78 is 0. The molecule has 0 aliphatic rings. The molecular weight excluding hydrogens is 336 g/mol. The van der Waals surface area contributed by atoms with Crippen molar-refractivity contribution >= 4 is 41.1 Å². The lowest BCUT2D eigenvalue weighted by Crippen LogP contribution is -2.16. The molecular formula is C15H16N2O8. The molecule has 0 atom stereocenters. The SMILES string of the molecule is O=C(O)CCC(=O)Nc1cc(NC(=O)CCC(=O)O)cc(C(=O)O)c1. The number of aromatic carboxylic acids is 1. The number of amides is 2. The molecule has 0 aliphatic carbocycles. The summed E-state index contributed by atoms with van der Waals surface area (Å²) in [6, 6.07) is 3.57. The minimum atomic E-state index is -1.30. The van der Waals surface area contributed by atoms with Crippen LogP contribution in [0, 0.1) is 0 Å². The molecule has 0 heterocycles. The molecule has 5 N–H and O–H groups in total. The molecule has 0 aromatic heterocycles. The lowest BCUT2D eigenvalue weighted by Gasteiger charge is -2.10. The fourth-order valence-corrected chi connectivity index (χ4v) is 1.78. The average molecular weight is 352 g/mol. The zero-order chi connectivity index (χ0) is 19.0. The number of rotatable bonds is 9. The fourth-order valence-electron chi connectivity index (χ4n) is 1.78. The number of hydrogen-bond acceptors (Lipinski definition) is 5. The molecule has 0 unspecified atom stereocenters. The largest absolute Gasteiger partial charge is 0.481 e. The molecule has 0 spiro atoms. The van der Waals surface area contributed by atoms with Crippen molar-refractivity contribution in [2.45, 2.75) is 25.7 Å². The van der Waals surface area contributed by atoms with Crippen LogP contribution >= 0.6 is 0 Å². The second kappa shape index (κ2) is 9.01. The highest BCUT2D eigenvalue weighted by Gasteiger charge is 2.12. The number of carbonyl (C=O) groups excluding carboxylic acids is 2. The number of anilines is 2. The minimum absolute atomic E-state index is 0.0591. The van der Waals surface area contributed by atoms with Crippen LogP contribution in [-0.2, 0) is 19.2 Å². The van der Waals surface area contributed by atoms with Crippen LogP contribution in [0.25, 0.3) is 0 Å². The van der Waals surface area contributed by atoms with E-state index in [4.69, 9.17) is 15.3 Å². The van der Waals surface area contributed by atoms with Crippen LogP contribution in [0.4, 0.5) is 11.4 Å². The van der Waals surface area contributed by atoms with Crippen molar-refractivity contribution in [1.82, 2.24) is 0 Å². The van der Waals surface area contributed by atoms with E-state index in [0.29, 0.717) is 0 Å². The lowest BCUT2D eigenvalue weighted by atomic mass is 10.1. The Labute approximate surface area is 141 Å². The Balaban J connectivity index is 2.88. The predicted octanol–water partition coefficient (Wildman–Crippen LogP) is 0.991. The first kappa shape index (κ1) is 19.6. The predicted molar refractivity (Wildman–Crippen MR) is 84.4 cm³/mol. The van der Waals surface area contributed by atoms with Gasteiger partial charge in [-0.15, -0.1) is 0 Å². The van der Waals surface area contributed by atoms with Gasteiger partial charge in [-0.25, -0.2) is 4.79 Å². The van der Waals surface area contributed by atoms with E-state index in [1.54, 1.807) is 0 Å². The standard InChI is InChI=1S/C15H16N2O8/c18-11(1-3-13(20)21)16-9-5-8(15(24)25)6-10(7-9)17-12(19)2-4-14(22)23/h5-7H,1-4H2,(H,16,18)(H,17,19)(H,20,21)(H,22,23)(H,24,25). The molecule has 10 nitrogen and oxygen atoms in total. The highest BCUT2D eigenvalue weighted by Crippen LogP contribution is 2.20. The Morgan fingerprint density at radius 1 is 0.680 bits per heavy atom. The molecule has 0 fully saturated rings. The van der Waals surface area contributed by atoms with Crippen LogP contribution in [0.3, 0.4) is 0 Å². The number of carboxylic acid groups (broad SMARTS) is 3. The average Bonchev–Trinajstić information content (AvgIpc) is 2.50. The van der Waals surface area contributed by atoms with E-state index in [0.717, 1.165) is 12.1 Å². The molecule has 0 bridgehead atoms. The van der Waals surface area contributed by atoms with Crippen molar-refractivity contribution in [3.63, 3.8) is 0 Å². The van der Waals surface area contributed by atoms with Gasteiger partial charge in [0, 0.05) is 24.2 Å². The van der Waals surface area contributed by atoms with Crippen molar-refractivity contribution in [3.05, 3.63) is 23.8 Å². The number of nitrogens with one attached hydrogen (secondary N) is 2. The van der Waals surface area contributed by atoms with Gasteiger partial charge in [0.05, 0.1) is 18.4 Å². The molecule has 134 valence electrons. The summed E-state index contributed by atoms with van der Waals surface area (Å²) in [5.74, 6) is -4.87. The zero-order valence-electron chi connectivity index (χ0n) is 12.9. The molecule has 0 radical (unpaired) electrons. The van der Waals surface area contributed by atoms with Crippen molar-refractivity contribution in [1.29, 1.82) is 0 Å². The summed E-state index contributed by atoms with van der Waals surface area (Å²) in [6.45, 7) is 0. The summed E-state index contributed by atoms with van der Waals surface area (Å²) in [4.78, 5) is 55.3. The Morgan fingerprint density at radius 2 is 1.08 bits per heavy atom. The Kier molecular flexibility index (Phi) is 7.07. The van der Waals surface area contributed by atoms with Crippen LogP contribution in [0.15, 0.2) is 18.2 Å². The van der Waals surface area contributed by atoms with E-state index < -0.39 is 29.7 Å². The number of carboxylic acids is 3. The van der Waals surface area contributed by atoms with Crippen molar-refractivity contribution < 1.29 is 39.3 Å². The third-order valence-corrected chi connectivity index (χ3v) is 2.88. The van der Waals surface area contributed by atoms with Crippen molar-refractivity contribution in [3.8, 4) is 0 Å². The Hall–Kier alpha value is -3.43. The third kappa shape index (κ3) is 7.59. The molecule has 2 amide bonds. The third-order valence-electron chi connectivity index (χ3n) is 2.88. The maximum Gasteiger partial charge on any atom is 0.335 e. The fraction of sp³-hybridized carbons (Fsp3) is 0.267. The molecule has 10 heteroatoms. The molecule has 1 rings (SSSR count). The van der Waals surface area contributed by atoms with E-state index in [-0.39, 0.29) is 42.6 Å². The highest BCUT2D eigenvalue weighted by atomic mass is 16.4. The highest BCUT2D eigenvalue weighted by molar-refractivity contribution is 5.98. The smallest absolute Gasteiger partial charge is 0.335 e. The lowest BCUT2D eigenvalue weighted by molar-refractivity contribution is -0.138. The number of hydrogen-bond donors (Lipinski definition) is 5. The number of carbonyl (C=O) groups is 5. The van der Waals surface area contributed by atoms with E-state index in [1.807, 2.05) is 0 Å². The summed E-state index contributed by atoms with van der Waals surface area (Å²) in [5, 5.41) is 30.8. The molecule has 1 aromatic rings. The Morgan fingerprint density at radius 3 is 1.40 bits per heavy atom. The van der Waals surface area contributed by atoms with E-state index in [1.165, 1.54) is 6.07 Å². The first-order chi connectivity index (χ1) is 11.7. The van der Waals surface area contributed by atoms with E-state index >= 15 is 0 Å². The molecule has 0 saturated carbocycles. The first-order valence-electron chi connectivity index (χ1n) is 7.09. The van der Waals surface area contributed by atoms with Crippen LogP contribution in [0.2, 0.25) is 0 Å². The van der Waals surface area contributed by atoms with Gasteiger partial charge in [-0.3, -0.25) is 19.2 Å². The van der Waals surface area contributed by atoms with Crippen LogP contribution in [0.5, 0.6) is 0 Å². The molecule has 0 saturated heterocycles. The monoisotopic (exact) mass is 352 g/mol. The van der Waals surface area contributed by atoms with Gasteiger partial charge in [-0.05, 0) is 18.2 Å². The summed E-state index contributed by atoms with van der Waals surface area (Å²) in [7, 11) is 0. The van der Waals surface area contributed by atoms with Crippen molar-refractivity contribution in [2.75, 3.05) is 10.6 Å². The maximum atomic E-state index is 11.6. The van der Waals surface area contributed by atoms with Gasteiger partial charge >= 0.3 is 17.9 Å². The molecule has 0 aliphatic heterocycles. The quantitative estimate of drug-likeness (QED) is 0.438. The van der Waals surface area contributed by atoms with Gasteiger partial charge in [0.1, 0.15) is 0 Å². The zero-order valence-corrected chi connectivity index (χ0v) is 12.9. The summed E-state index contributed by atoms with van der Waals surface area (Å²) in [6.07, 6.45) is -1.37. The van der Waals surface area contributed by atoms with E-state index in [2.05, 4.69) is 10.6 Å². The van der Waals surface area contributed by atoms with Gasteiger partial charge in [0.2, 0.25) is 11.8 Å². The topological polar surface area (TPSA) is 170 Å². The van der Waals surface area contributed by atoms with Crippen molar-refractivity contribution in [2.24, 2.45) is 0 Å². The first-order valence-corrected chi connectivity index (χ1v) is 7.09. The van der Waals surface area contributed by atoms with Crippen LogP contribution < -0.4 is 10.6 Å². The summed E-state index contributed by atoms with van der Waals surface area (Å²) >= 11 is 0. The van der Waals surface area contributed by atoms with Gasteiger partial charge in [0.25, 0.3) is 0 Å². The molecule has 1 aromatic carbocycles. The normalized spacial score (nSPS) is 9.92. The van der Waals surface area contributed by atoms with Gasteiger partial charge in [-0.1, -0.05) is 0 Å². The number of aliphatic carboxylic acids is 2. The van der Waals surface area contributed by atoms with Crippen LogP contribution in [-0.4, -0.2) is 45.0 Å². The number of benzene rings is 1. The molecule has 25 heavy (non-hydrogen) atoms. The van der Waals surface area contributed by atoms with Gasteiger partial charge < -0.3 is 26.0 Å². The second-order valence-electron chi connectivity index (χ2n) is 4.99. The minimum Gasteiger partial charge on any atom is -0.481 e. The Bertz CT molecular complexity index is 663. The maximum absolute atomic E-state index is 11.6. The van der Waals surface area contributed by atoms with E-state index in [9.17, 15) is 24.0 Å². The second-order valence-corrected chi connectivity index (χ2v) is 4.99. The van der Waals surface area contributed by atoms with Crippen LogP contribution in [0.1, 0.15) is 36.0 Å².